The number of aryl methyl sites for hydroxylation is 1. The number of hydrogen-bond donors (Lipinski definition) is 0. The zero-order valence-corrected chi connectivity index (χ0v) is 13.4. The first-order valence-corrected chi connectivity index (χ1v) is 7.32. The van der Waals surface area contributed by atoms with Gasteiger partial charge in [0.15, 0.2) is 0 Å². The Morgan fingerprint density at radius 1 is 1.39 bits per heavy atom. The summed E-state index contributed by atoms with van der Waals surface area (Å²) < 4.78 is 1.25. The molecule has 0 fully saturated rings. The molecule has 0 spiro atoms. The second-order valence-electron chi connectivity index (χ2n) is 5.42. The molecule has 2 rings (SSSR count). The third-order valence-corrected chi connectivity index (χ3v) is 4.38. The minimum atomic E-state index is 0.146. The van der Waals surface area contributed by atoms with E-state index in [2.05, 4.69) is 80.3 Å². The molecule has 1 aliphatic carbocycles. The summed E-state index contributed by atoms with van der Waals surface area (Å²) in [6.45, 7) is 10.6. The van der Waals surface area contributed by atoms with Crippen LogP contribution >= 0.6 is 22.6 Å². The van der Waals surface area contributed by atoms with Gasteiger partial charge in [0.2, 0.25) is 0 Å². The summed E-state index contributed by atoms with van der Waals surface area (Å²) in [6, 6.07) is 6.82. The van der Waals surface area contributed by atoms with Crippen LogP contribution in [0.3, 0.4) is 0 Å². The smallest absolute Gasteiger partial charge is 0.0130 e. The van der Waals surface area contributed by atoms with E-state index in [1.807, 2.05) is 6.08 Å². The van der Waals surface area contributed by atoms with Crippen molar-refractivity contribution in [2.45, 2.75) is 32.6 Å². The summed E-state index contributed by atoms with van der Waals surface area (Å²) in [7, 11) is 0. The Morgan fingerprint density at radius 3 is 2.78 bits per heavy atom. The van der Waals surface area contributed by atoms with Gasteiger partial charge in [-0.2, -0.15) is 0 Å². The van der Waals surface area contributed by atoms with Crippen molar-refractivity contribution in [1.82, 2.24) is 0 Å². The second-order valence-corrected chi connectivity index (χ2v) is 6.66. The number of hydrogen-bond acceptors (Lipinski definition) is 0. The second kappa shape index (κ2) is 5.04. The summed E-state index contributed by atoms with van der Waals surface area (Å²) in [5.74, 6) is 0. The zero-order chi connectivity index (χ0) is 13.3. The molecule has 0 aliphatic heterocycles. The predicted octanol–water partition coefficient (Wildman–Crippen LogP) is 5.26. The molecule has 0 atom stereocenters. The van der Waals surface area contributed by atoms with Crippen LogP contribution in [0.4, 0.5) is 0 Å². The Kier molecular flexibility index (Phi) is 3.81. The third-order valence-electron chi connectivity index (χ3n) is 3.71. The van der Waals surface area contributed by atoms with Crippen molar-refractivity contribution in [3.8, 4) is 0 Å². The molecule has 0 saturated carbocycles. The van der Waals surface area contributed by atoms with Crippen LogP contribution in [-0.2, 0) is 11.8 Å². The minimum absolute atomic E-state index is 0.146. The zero-order valence-electron chi connectivity index (χ0n) is 11.3. The van der Waals surface area contributed by atoms with Crippen LogP contribution in [0.1, 0.15) is 30.5 Å². The lowest BCUT2D eigenvalue weighted by molar-refractivity contribution is 0.643. The van der Waals surface area contributed by atoms with E-state index in [0.717, 1.165) is 6.42 Å². The maximum Gasteiger partial charge on any atom is 0.0130 e. The van der Waals surface area contributed by atoms with E-state index in [4.69, 9.17) is 0 Å². The van der Waals surface area contributed by atoms with E-state index in [-0.39, 0.29) is 5.41 Å². The number of fused-ring (bicyclic) bond motifs is 1. The molecule has 94 valence electrons. The highest BCUT2D eigenvalue weighted by molar-refractivity contribution is 14.1. The summed E-state index contributed by atoms with van der Waals surface area (Å²) in [5, 5.41) is 0. The predicted molar refractivity (Wildman–Crippen MR) is 88.3 cm³/mol. The molecule has 0 saturated heterocycles. The van der Waals surface area contributed by atoms with Crippen LogP contribution in [0.15, 0.2) is 52.2 Å². The quantitative estimate of drug-likeness (QED) is 0.504. The molecule has 0 amide bonds. The van der Waals surface area contributed by atoms with Gasteiger partial charge >= 0.3 is 0 Å². The van der Waals surface area contributed by atoms with E-state index in [9.17, 15) is 0 Å². The highest BCUT2D eigenvalue weighted by atomic mass is 127. The SMILES string of the molecule is C=C/C=C(I)\C=C1/Cc2ccc(C)cc2C1(C)C. The minimum Gasteiger partial charge on any atom is -0.0990 e. The molecule has 1 aromatic rings. The van der Waals surface area contributed by atoms with Gasteiger partial charge in [-0.1, -0.05) is 55.8 Å². The van der Waals surface area contributed by atoms with Crippen molar-refractivity contribution in [3.63, 3.8) is 0 Å². The summed E-state index contributed by atoms with van der Waals surface area (Å²) in [6.07, 6.45) is 7.27. The van der Waals surface area contributed by atoms with Crippen molar-refractivity contribution in [3.05, 3.63) is 68.8 Å². The Morgan fingerprint density at radius 2 is 2.11 bits per heavy atom. The Labute approximate surface area is 124 Å². The van der Waals surface area contributed by atoms with E-state index < -0.39 is 0 Å². The van der Waals surface area contributed by atoms with Crippen molar-refractivity contribution < 1.29 is 0 Å². The molecule has 0 bridgehead atoms. The molecule has 18 heavy (non-hydrogen) atoms. The average molecular weight is 350 g/mol. The van der Waals surface area contributed by atoms with Crippen molar-refractivity contribution in [2.24, 2.45) is 0 Å². The number of rotatable bonds is 2. The maximum absolute atomic E-state index is 3.75. The first-order chi connectivity index (χ1) is 8.45. The van der Waals surface area contributed by atoms with Crippen LogP contribution < -0.4 is 0 Å². The van der Waals surface area contributed by atoms with Gasteiger partial charge in [-0.05, 0) is 59.2 Å². The van der Waals surface area contributed by atoms with Crippen LogP contribution in [0.5, 0.6) is 0 Å². The van der Waals surface area contributed by atoms with Crippen LogP contribution in [0.25, 0.3) is 0 Å². The molecule has 0 N–H and O–H groups in total. The van der Waals surface area contributed by atoms with Gasteiger partial charge in [-0.25, -0.2) is 0 Å². The first kappa shape index (κ1) is 13.6. The van der Waals surface area contributed by atoms with Gasteiger partial charge in [-0.15, -0.1) is 0 Å². The van der Waals surface area contributed by atoms with Crippen molar-refractivity contribution in [2.75, 3.05) is 0 Å². The van der Waals surface area contributed by atoms with Crippen LogP contribution in [0.2, 0.25) is 0 Å². The van der Waals surface area contributed by atoms with Crippen molar-refractivity contribution >= 4 is 22.6 Å². The maximum atomic E-state index is 3.75. The van der Waals surface area contributed by atoms with Gasteiger partial charge < -0.3 is 0 Å². The lowest BCUT2D eigenvalue weighted by atomic mass is 9.82. The molecule has 1 aliphatic rings. The molecule has 0 aromatic heterocycles. The highest BCUT2D eigenvalue weighted by Gasteiger charge is 2.34. The normalized spacial score (nSPS) is 20.0. The first-order valence-electron chi connectivity index (χ1n) is 6.24. The fourth-order valence-corrected chi connectivity index (χ4v) is 3.21. The van der Waals surface area contributed by atoms with E-state index in [1.165, 1.54) is 25.8 Å². The monoisotopic (exact) mass is 350 g/mol. The van der Waals surface area contributed by atoms with E-state index >= 15 is 0 Å². The molecule has 1 aromatic carbocycles. The topological polar surface area (TPSA) is 0 Å². The van der Waals surface area contributed by atoms with Gasteiger partial charge in [0.1, 0.15) is 0 Å². The molecular weight excluding hydrogens is 331 g/mol. The third kappa shape index (κ3) is 2.46. The van der Waals surface area contributed by atoms with Gasteiger partial charge in [0, 0.05) is 8.99 Å². The summed E-state index contributed by atoms with van der Waals surface area (Å²) in [4.78, 5) is 0. The Bertz CT molecular complexity index is 545. The van der Waals surface area contributed by atoms with E-state index in [0.29, 0.717) is 0 Å². The van der Waals surface area contributed by atoms with Crippen LogP contribution in [-0.4, -0.2) is 0 Å². The van der Waals surface area contributed by atoms with Gasteiger partial charge in [0.25, 0.3) is 0 Å². The van der Waals surface area contributed by atoms with E-state index in [1.54, 1.807) is 0 Å². The summed E-state index contributed by atoms with van der Waals surface area (Å²) >= 11 is 2.37. The largest absolute Gasteiger partial charge is 0.0990 e. The average Bonchev–Trinajstić information content (AvgIpc) is 2.52. The molecular formula is C17H19I. The Hall–Kier alpha value is -0.830. The number of halogens is 1. The summed E-state index contributed by atoms with van der Waals surface area (Å²) in [5.41, 5.74) is 5.94. The lowest BCUT2D eigenvalue weighted by Gasteiger charge is -2.22. The molecule has 1 heteroatoms. The van der Waals surface area contributed by atoms with Crippen LogP contribution in [0, 0.1) is 6.92 Å². The fraction of sp³-hybridized carbons (Fsp3) is 0.294. The number of benzene rings is 1. The van der Waals surface area contributed by atoms with Gasteiger partial charge in [-0.3, -0.25) is 0 Å². The molecule has 0 heterocycles. The molecule has 0 nitrogen and oxygen atoms in total. The Balaban J connectivity index is 2.47. The number of allylic oxidation sites excluding steroid dienone is 5. The van der Waals surface area contributed by atoms with Crippen molar-refractivity contribution in [1.29, 1.82) is 0 Å². The highest BCUT2D eigenvalue weighted by Crippen LogP contribution is 2.43. The fourth-order valence-electron chi connectivity index (χ4n) is 2.58. The standard InChI is InChI=1S/C17H19I/c1-5-6-15(18)11-14-10-13-8-7-12(2)9-16(13)17(14,3)4/h5-9,11H,1,10H2,2-4H3/b14-11+,15-6+. The lowest BCUT2D eigenvalue weighted by Crippen LogP contribution is -2.15. The molecule has 0 radical (unpaired) electrons. The molecule has 0 unspecified atom stereocenters. The van der Waals surface area contributed by atoms with Gasteiger partial charge in [0.05, 0.1) is 0 Å².